The Hall–Kier alpha value is -2.24. The Bertz CT molecular complexity index is 704. The zero-order valence-electron chi connectivity index (χ0n) is 15.2. The SMILES string of the molecule is CCNC(=NCC(O)c1ccccc1Cl)NCCc1ccc(OC)cc1. The third kappa shape index (κ3) is 6.24. The summed E-state index contributed by atoms with van der Waals surface area (Å²) >= 11 is 6.12. The Balaban J connectivity index is 1.88. The highest BCUT2D eigenvalue weighted by Crippen LogP contribution is 2.22. The van der Waals surface area contributed by atoms with Crippen molar-refractivity contribution in [2.24, 2.45) is 4.99 Å². The van der Waals surface area contributed by atoms with Crippen molar-refractivity contribution >= 4 is 17.6 Å². The average molecular weight is 376 g/mol. The van der Waals surface area contributed by atoms with Crippen LogP contribution in [0.15, 0.2) is 53.5 Å². The molecule has 0 saturated heterocycles. The van der Waals surface area contributed by atoms with Gasteiger partial charge in [-0.15, -0.1) is 0 Å². The maximum Gasteiger partial charge on any atom is 0.191 e. The number of aliphatic hydroxyl groups excluding tert-OH is 1. The average Bonchev–Trinajstić information content (AvgIpc) is 2.66. The number of aliphatic imine (C=N–C) groups is 1. The van der Waals surface area contributed by atoms with Gasteiger partial charge in [-0.3, -0.25) is 4.99 Å². The molecule has 0 spiro atoms. The van der Waals surface area contributed by atoms with Crippen molar-refractivity contribution in [1.29, 1.82) is 0 Å². The van der Waals surface area contributed by atoms with Gasteiger partial charge in [0.2, 0.25) is 0 Å². The molecule has 6 heteroatoms. The number of methoxy groups -OCH3 is 1. The van der Waals surface area contributed by atoms with Crippen LogP contribution in [-0.4, -0.2) is 37.8 Å². The second-order valence-electron chi connectivity index (χ2n) is 5.78. The van der Waals surface area contributed by atoms with E-state index in [1.807, 2.05) is 49.4 Å². The predicted molar refractivity (Wildman–Crippen MR) is 107 cm³/mol. The third-order valence-electron chi connectivity index (χ3n) is 3.90. The quantitative estimate of drug-likeness (QED) is 0.489. The Morgan fingerprint density at radius 1 is 1.15 bits per heavy atom. The molecule has 0 amide bonds. The fraction of sp³-hybridized carbons (Fsp3) is 0.350. The van der Waals surface area contributed by atoms with Crippen molar-refractivity contribution in [2.75, 3.05) is 26.7 Å². The molecule has 2 rings (SSSR count). The molecule has 3 N–H and O–H groups in total. The van der Waals surface area contributed by atoms with Crippen LogP contribution in [0.4, 0.5) is 0 Å². The molecule has 0 aliphatic rings. The van der Waals surface area contributed by atoms with Crippen molar-refractivity contribution in [2.45, 2.75) is 19.4 Å². The standard InChI is InChI=1S/C20H26ClN3O2/c1-3-22-20(23-13-12-15-8-10-16(26-2)11-9-15)24-14-19(25)17-6-4-5-7-18(17)21/h4-11,19,25H,3,12-14H2,1-2H3,(H2,22,23,24). The Kier molecular flexibility index (Phi) is 8.25. The fourth-order valence-electron chi connectivity index (χ4n) is 2.48. The number of rotatable bonds is 8. The number of nitrogens with zero attached hydrogens (tertiary/aromatic N) is 1. The molecule has 0 radical (unpaired) electrons. The Labute approximate surface area is 160 Å². The van der Waals surface area contributed by atoms with Gasteiger partial charge in [0, 0.05) is 23.7 Å². The first kappa shape index (κ1) is 20.1. The van der Waals surface area contributed by atoms with Gasteiger partial charge in [0.1, 0.15) is 11.9 Å². The fourth-order valence-corrected chi connectivity index (χ4v) is 2.74. The lowest BCUT2D eigenvalue weighted by Crippen LogP contribution is -2.38. The van der Waals surface area contributed by atoms with Gasteiger partial charge in [0.25, 0.3) is 0 Å². The lowest BCUT2D eigenvalue weighted by molar-refractivity contribution is 0.187. The van der Waals surface area contributed by atoms with Crippen LogP contribution in [0.5, 0.6) is 5.75 Å². The number of guanidine groups is 1. The second-order valence-corrected chi connectivity index (χ2v) is 6.19. The predicted octanol–water partition coefficient (Wildman–Crippen LogP) is 3.18. The molecule has 2 aromatic carbocycles. The zero-order valence-corrected chi connectivity index (χ0v) is 16.0. The molecule has 1 unspecified atom stereocenters. The van der Waals surface area contributed by atoms with Crippen molar-refractivity contribution in [1.82, 2.24) is 10.6 Å². The van der Waals surface area contributed by atoms with E-state index in [2.05, 4.69) is 15.6 Å². The molecule has 0 bridgehead atoms. The van der Waals surface area contributed by atoms with Gasteiger partial charge in [0.15, 0.2) is 5.96 Å². The number of hydrogen-bond acceptors (Lipinski definition) is 3. The smallest absolute Gasteiger partial charge is 0.191 e. The maximum absolute atomic E-state index is 10.3. The van der Waals surface area contributed by atoms with Crippen LogP contribution in [0.1, 0.15) is 24.2 Å². The molecule has 1 atom stereocenters. The van der Waals surface area contributed by atoms with Gasteiger partial charge in [-0.05, 0) is 37.1 Å². The van der Waals surface area contributed by atoms with Gasteiger partial charge in [-0.1, -0.05) is 41.9 Å². The van der Waals surface area contributed by atoms with E-state index in [4.69, 9.17) is 16.3 Å². The first-order valence-electron chi connectivity index (χ1n) is 8.71. The highest BCUT2D eigenvalue weighted by atomic mass is 35.5. The van der Waals surface area contributed by atoms with Gasteiger partial charge in [-0.25, -0.2) is 0 Å². The summed E-state index contributed by atoms with van der Waals surface area (Å²) in [6, 6.07) is 15.3. The van der Waals surface area contributed by atoms with E-state index in [1.165, 1.54) is 5.56 Å². The summed E-state index contributed by atoms with van der Waals surface area (Å²) in [5.74, 6) is 1.53. The highest BCUT2D eigenvalue weighted by Gasteiger charge is 2.10. The highest BCUT2D eigenvalue weighted by molar-refractivity contribution is 6.31. The summed E-state index contributed by atoms with van der Waals surface area (Å²) in [6.07, 6.45) is 0.127. The summed E-state index contributed by atoms with van der Waals surface area (Å²) in [5.41, 5.74) is 1.90. The third-order valence-corrected chi connectivity index (χ3v) is 4.24. The van der Waals surface area contributed by atoms with Crippen LogP contribution in [0.25, 0.3) is 0 Å². The van der Waals surface area contributed by atoms with E-state index < -0.39 is 6.10 Å². The number of hydrogen-bond donors (Lipinski definition) is 3. The number of benzene rings is 2. The lowest BCUT2D eigenvalue weighted by atomic mass is 10.1. The Morgan fingerprint density at radius 3 is 2.54 bits per heavy atom. The number of ether oxygens (including phenoxy) is 1. The topological polar surface area (TPSA) is 65.9 Å². The van der Waals surface area contributed by atoms with E-state index in [0.717, 1.165) is 25.3 Å². The summed E-state index contributed by atoms with van der Waals surface area (Å²) < 4.78 is 5.17. The second kappa shape index (κ2) is 10.7. The van der Waals surface area contributed by atoms with Crippen molar-refractivity contribution in [3.63, 3.8) is 0 Å². The molecule has 0 heterocycles. The van der Waals surface area contributed by atoms with E-state index in [1.54, 1.807) is 13.2 Å². The minimum Gasteiger partial charge on any atom is -0.497 e. The van der Waals surface area contributed by atoms with Gasteiger partial charge in [0.05, 0.1) is 13.7 Å². The van der Waals surface area contributed by atoms with Crippen LogP contribution < -0.4 is 15.4 Å². The minimum absolute atomic E-state index is 0.238. The Morgan fingerprint density at radius 2 is 1.88 bits per heavy atom. The molecule has 26 heavy (non-hydrogen) atoms. The lowest BCUT2D eigenvalue weighted by Gasteiger charge is -2.14. The molecule has 0 saturated carbocycles. The molecule has 0 aliphatic carbocycles. The van der Waals surface area contributed by atoms with Crippen molar-refractivity contribution in [3.8, 4) is 5.75 Å². The van der Waals surface area contributed by atoms with Gasteiger partial charge in [-0.2, -0.15) is 0 Å². The van der Waals surface area contributed by atoms with Gasteiger partial charge >= 0.3 is 0 Å². The van der Waals surface area contributed by atoms with Crippen LogP contribution in [0.3, 0.4) is 0 Å². The van der Waals surface area contributed by atoms with Crippen LogP contribution >= 0.6 is 11.6 Å². The van der Waals surface area contributed by atoms with E-state index >= 15 is 0 Å². The summed E-state index contributed by atoms with van der Waals surface area (Å²) in [5, 5.41) is 17.3. The molecule has 2 aromatic rings. The van der Waals surface area contributed by atoms with Crippen molar-refractivity contribution in [3.05, 3.63) is 64.7 Å². The normalized spacial score (nSPS) is 12.5. The number of nitrogens with one attached hydrogen (secondary N) is 2. The number of aliphatic hydroxyl groups is 1. The largest absolute Gasteiger partial charge is 0.497 e. The molecule has 0 fully saturated rings. The van der Waals surface area contributed by atoms with E-state index in [0.29, 0.717) is 16.5 Å². The minimum atomic E-state index is -0.735. The zero-order chi connectivity index (χ0) is 18.8. The molecule has 140 valence electrons. The monoisotopic (exact) mass is 375 g/mol. The van der Waals surface area contributed by atoms with Crippen LogP contribution in [0, 0.1) is 0 Å². The molecule has 0 aliphatic heterocycles. The molecular formula is C20H26ClN3O2. The van der Waals surface area contributed by atoms with E-state index in [-0.39, 0.29) is 6.54 Å². The van der Waals surface area contributed by atoms with Crippen LogP contribution in [0.2, 0.25) is 5.02 Å². The summed E-state index contributed by atoms with van der Waals surface area (Å²) in [6.45, 7) is 3.73. The van der Waals surface area contributed by atoms with Gasteiger partial charge < -0.3 is 20.5 Å². The maximum atomic E-state index is 10.3. The first-order chi connectivity index (χ1) is 12.6. The summed E-state index contributed by atoms with van der Waals surface area (Å²) in [7, 11) is 1.66. The molecule has 0 aromatic heterocycles. The molecular weight excluding hydrogens is 350 g/mol. The number of halogens is 1. The first-order valence-corrected chi connectivity index (χ1v) is 9.09. The summed E-state index contributed by atoms with van der Waals surface area (Å²) in [4.78, 5) is 4.46. The van der Waals surface area contributed by atoms with Crippen LogP contribution in [-0.2, 0) is 6.42 Å². The van der Waals surface area contributed by atoms with E-state index in [9.17, 15) is 5.11 Å². The molecule has 5 nitrogen and oxygen atoms in total. The van der Waals surface area contributed by atoms with Crippen molar-refractivity contribution < 1.29 is 9.84 Å².